The number of carboxylic acid groups (broad SMARTS) is 1. The van der Waals surface area contributed by atoms with Gasteiger partial charge in [-0.3, -0.25) is 9.59 Å². The van der Waals surface area contributed by atoms with Crippen molar-refractivity contribution in [2.75, 3.05) is 0 Å². The van der Waals surface area contributed by atoms with Gasteiger partial charge in [0.05, 0.1) is 17.9 Å². The summed E-state index contributed by atoms with van der Waals surface area (Å²) in [6, 6.07) is 0. The van der Waals surface area contributed by atoms with Crippen molar-refractivity contribution in [1.82, 2.24) is 0 Å². The lowest BCUT2D eigenvalue weighted by Crippen LogP contribution is -2.52. The van der Waals surface area contributed by atoms with Crippen LogP contribution in [-0.2, 0) is 19.1 Å². The Labute approximate surface area is 111 Å². The van der Waals surface area contributed by atoms with Crippen LogP contribution in [0.5, 0.6) is 0 Å². The molecule has 4 fully saturated rings. The number of carboxylic acids is 1. The van der Waals surface area contributed by atoms with Gasteiger partial charge in [0.2, 0.25) is 0 Å². The topological polar surface area (TPSA) is 76.1 Å². The normalized spacial score (nSPS) is 52.9. The van der Waals surface area contributed by atoms with E-state index in [2.05, 4.69) is 13.8 Å². The molecule has 4 rings (SSSR count). The van der Waals surface area contributed by atoms with Gasteiger partial charge in [0.25, 0.3) is 0 Å². The molecule has 19 heavy (non-hydrogen) atoms. The minimum Gasteiger partial charge on any atom is -0.481 e. The fourth-order valence-corrected chi connectivity index (χ4v) is 4.92. The molecule has 4 aliphatic rings. The molecular formula is C14H18O5. The third-order valence-electron chi connectivity index (χ3n) is 5.47. The van der Waals surface area contributed by atoms with Crippen molar-refractivity contribution in [3.63, 3.8) is 0 Å². The molecule has 0 unspecified atom stereocenters. The van der Waals surface area contributed by atoms with E-state index in [0.717, 1.165) is 12.8 Å². The number of carbonyl (C=O) groups is 2. The monoisotopic (exact) mass is 266 g/mol. The van der Waals surface area contributed by atoms with Crippen LogP contribution >= 0.6 is 0 Å². The first-order valence-corrected chi connectivity index (χ1v) is 6.95. The molecule has 104 valence electrons. The molecule has 2 aliphatic heterocycles. The van der Waals surface area contributed by atoms with Crippen molar-refractivity contribution < 1.29 is 24.2 Å². The van der Waals surface area contributed by atoms with Crippen LogP contribution in [0.15, 0.2) is 0 Å². The molecule has 5 nitrogen and oxygen atoms in total. The van der Waals surface area contributed by atoms with Gasteiger partial charge in [-0.15, -0.1) is 0 Å². The van der Waals surface area contributed by atoms with Gasteiger partial charge in [-0.25, -0.2) is 0 Å². The van der Waals surface area contributed by atoms with Crippen LogP contribution in [0.4, 0.5) is 0 Å². The Morgan fingerprint density at radius 3 is 2.84 bits per heavy atom. The summed E-state index contributed by atoms with van der Waals surface area (Å²) in [6.07, 6.45) is 2.02. The van der Waals surface area contributed by atoms with Gasteiger partial charge < -0.3 is 14.6 Å². The highest BCUT2D eigenvalue weighted by atomic mass is 16.6. The van der Waals surface area contributed by atoms with Crippen LogP contribution in [0.3, 0.4) is 0 Å². The highest BCUT2D eigenvalue weighted by Crippen LogP contribution is 2.67. The molecule has 1 spiro atoms. The fraction of sp³-hybridized carbons (Fsp3) is 0.857. The molecule has 2 aliphatic carbocycles. The van der Waals surface area contributed by atoms with Crippen LogP contribution in [0, 0.1) is 23.2 Å². The molecule has 0 amide bonds. The first-order chi connectivity index (χ1) is 8.84. The second-order valence-corrected chi connectivity index (χ2v) is 7.31. The maximum absolute atomic E-state index is 12.1. The van der Waals surface area contributed by atoms with Crippen molar-refractivity contribution >= 4 is 11.9 Å². The maximum atomic E-state index is 12.1. The lowest BCUT2D eigenvalue weighted by atomic mass is 9.56. The maximum Gasteiger partial charge on any atom is 0.310 e. The standard InChI is InChI=1S/C14H18O5/c1-13(2)4-7-10-9(12(17)18-7)6(11(15)16)3-8-14(10,5-13)19-8/h6-10H,3-5H2,1-2H3,(H,15,16)/t6-,7+,8-,9-,10-,14-/m0/s1. The third-order valence-corrected chi connectivity index (χ3v) is 5.47. The van der Waals surface area contributed by atoms with Gasteiger partial charge in [-0.2, -0.15) is 0 Å². The van der Waals surface area contributed by atoms with Crippen LogP contribution in [0.25, 0.3) is 0 Å². The fourth-order valence-electron chi connectivity index (χ4n) is 4.92. The zero-order valence-electron chi connectivity index (χ0n) is 11.1. The van der Waals surface area contributed by atoms with Crippen molar-refractivity contribution in [3.05, 3.63) is 0 Å². The van der Waals surface area contributed by atoms with Crippen LogP contribution in [0.1, 0.15) is 33.1 Å². The van der Waals surface area contributed by atoms with E-state index in [1.54, 1.807) is 0 Å². The van der Waals surface area contributed by atoms with E-state index in [4.69, 9.17) is 9.47 Å². The van der Waals surface area contributed by atoms with Crippen molar-refractivity contribution in [2.24, 2.45) is 23.2 Å². The predicted octanol–water partition coefficient (Wildman–Crippen LogP) is 1.21. The van der Waals surface area contributed by atoms with E-state index >= 15 is 0 Å². The van der Waals surface area contributed by atoms with E-state index in [0.29, 0.717) is 6.42 Å². The van der Waals surface area contributed by atoms with Crippen molar-refractivity contribution in [1.29, 1.82) is 0 Å². The summed E-state index contributed by atoms with van der Waals surface area (Å²) in [5.41, 5.74) is -0.198. The van der Waals surface area contributed by atoms with Gasteiger partial charge in [0.15, 0.2) is 0 Å². The van der Waals surface area contributed by atoms with Gasteiger partial charge in [0, 0.05) is 5.92 Å². The Morgan fingerprint density at radius 1 is 1.42 bits per heavy atom. The molecular weight excluding hydrogens is 248 g/mol. The number of epoxide rings is 1. The zero-order valence-corrected chi connectivity index (χ0v) is 11.1. The van der Waals surface area contributed by atoms with E-state index in [1.165, 1.54) is 0 Å². The highest BCUT2D eigenvalue weighted by Gasteiger charge is 2.76. The lowest BCUT2D eigenvalue weighted by Gasteiger charge is -2.44. The Kier molecular flexibility index (Phi) is 1.93. The number of hydrogen-bond acceptors (Lipinski definition) is 4. The molecule has 0 aromatic heterocycles. The average molecular weight is 266 g/mol. The molecule has 2 heterocycles. The lowest BCUT2D eigenvalue weighted by molar-refractivity contribution is -0.153. The highest BCUT2D eigenvalue weighted by molar-refractivity contribution is 5.84. The number of rotatable bonds is 1. The average Bonchev–Trinajstić information content (AvgIpc) is 2.85. The number of ether oxygens (including phenoxy) is 2. The van der Waals surface area contributed by atoms with Crippen LogP contribution in [0.2, 0.25) is 0 Å². The second-order valence-electron chi connectivity index (χ2n) is 7.31. The van der Waals surface area contributed by atoms with Crippen LogP contribution in [-0.4, -0.2) is 34.9 Å². The third kappa shape index (κ3) is 1.34. The molecule has 0 aromatic carbocycles. The minimum absolute atomic E-state index is 0.00595. The molecule has 2 saturated heterocycles. The van der Waals surface area contributed by atoms with E-state index in [9.17, 15) is 14.7 Å². The summed E-state index contributed by atoms with van der Waals surface area (Å²) in [4.78, 5) is 23.5. The Morgan fingerprint density at radius 2 is 2.16 bits per heavy atom. The van der Waals surface area contributed by atoms with Crippen LogP contribution < -0.4 is 0 Å². The minimum atomic E-state index is -0.892. The predicted molar refractivity (Wildman–Crippen MR) is 63.2 cm³/mol. The first kappa shape index (κ1) is 11.7. The van der Waals surface area contributed by atoms with E-state index in [1.807, 2.05) is 0 Å². The van der Waals surface area contributed by atoms with Crippen molar-refractivity contribution in [3.8, 4) is 0 Å². The van der Waals surface area contributed by atoms with E-state index in [-0.39, 0.29) is 35.1 Å². The largest absolute Gasteiger partial charge is 0.481 e. The SMILES string of the molecule is CC1(C)C[C@H]2OC(=O)[C@@H]3[C@H]2[C@@]2(C1)O[C@H]2C[C@@H]3C(=O)O. The summed E-state index contributed by atoms with van der Waals surface area (Å²) in [5, 5.41) is 9.34. The molecule has 0 bridgehead atoms. The number of carbonyl (C=O) groups excluding carboxylic acids is 1. The van der Waals surface area contributed by atoms with E-state index < -0.39 is 17.8 Å². The number of esters is 1. The number of aliphatic carboxylic acids is 1. The van der Waals surface area contributed by atoms with Gasteiger partial charge in [0.1, 0.15) is 11.7 Å². The molecule has 1 N–H and O–H groups in total. The molecule has 2 saturated carbocycles. The molecule has 5 heteroatoms. The summed E-state index contributed by atoms with van der Waals surface area (Å²) in [6.45, 7) is 4.34. The van der Waals surface area contributed by atoms with Gasteiger partial charge >= 0.3 is 11.9 Å². The zero-order chi connectivity index (χ0) is 13.6. The Balaban J connectivity index is 1.77. The Hall–Kier alpha value is -1.10. The smallest absolute Gasteiger partial charge is 0.310 e. The number of hydrogen-bond donors (Lipinski definition) is 1. The quantitative estimate of drug-likeness (QED) is 0.570. The first-order valence-electron chi connectivity index (χ1n) is 6.95. The summed E-state index contributed by atoms with van der Waals surface area (Å²) in [5.74, 6) is -2.40. The van der Waals surface area contributed by atoms with Gasteiger partial charge in [-0.05, 0) is 24.7 Å². The summed E-state index contributed by atoms with van der Waals surface area (Å²) >= 11 is 0. The summed E-state index contributed by atoms with van der Waals surface area (Å²) in [7, 11) is 0. The molecule has 0 radical (unpaired) electrons. The molecule has 6 atom stereocenters. The molecule has 0 aromatic rings. The second kappa shape index (κ2) is 3.14. The van der Waals surface area contributed by atoms with Gasteiger partial charge in [-0.1, -0.05) is 13.8 Å². The van der Waals surface area contributed by atoms with Crippen molar-refractivity contribution in [2.45, 2.75) is 50.9 Å². The Bertz CT molecular complexity index is 484. The summed E-state index contributed by atoms with van der Waals surface area (Å²) < 4.78 is 11.4.